The minimum absolute atomic E-state index is 0.282. The maximum atomic E-state index is 11.1. The third-order valence-electron chi connectivity index (χ3n) is 2.37. The van der Waals surface area contributed by atoms with Crippen molar-refractivity contribution in [2.75, 3.05) is 11.9 Å². The van der Waals surface area contributed by atoms with Crippen LogP contribution in [0.2, 0.25) is 0 Å². The normalized spacial score (nSPS) is 11.9. The van der Waals surface area contributed by atoms with Gasteiger partial charge in [0.1, 0.15) is 6.04 Å². The quantitative estimate of drug-likeness (QED) is 0.736. The van der Waals surface area contributed by atoms with Crippen molar-refractivity contribution in [3.8, 4) is 5.88 Å². The molecule has 0 bridgehead atoms. The van der Waals surface area contributed by atoms with Gasteiger partial charge in [-0.15, -0.1) is 0 Å². The zero-order valence-corrected chi connectivity index (χ0v) is 10.7. The van der Waals surface area contributed by atoms with Gasteiger partial charge < -0.3 is 15.2 Å². The Kier molecular flexibility index (Phi) is 5.90. The van der Waals surface area contributed by atoms with Crippen LogP contribution in [-0.4, -0.2) is 33.7 Å². The van der Waals surface area contributed by atoms with Crippen LogP contribution in [0, 0.1) is 0 Å². The van der Waals surface area contributed by atoms with E-state index in [9.17, 15) is 4.79 Å². The highest BCUT2D eigenvalue weighted by Gasteiger charge is 2.17. The molecular formula is C12H19N3O3. The Labute approximate surface area is 106 Å². The molecule has 1 atom stereocenters. The van der Waals surface area contributed by atoms with Gasteiger partial charge in [0, 0.05) is 12.3 Å². The number of hydrogen-bond acceptors (Lipinski definition) is 5. The lowest BCUT2D eigenvalue weighted by molar-refractivity contribution is -0.138. The Hall–Kier alpha value is -1.85. The fraction of sp³-hybridized carbons (Fsp3) is 0.583. The third kappa shape index (κ3) is 4.57. The molecule has 0 amide bonds. The van der Waals surface area contributed by atoms with Crippen LogP contribution >= 0.6 is 0 Å². The molecule has 100 valence electrons. The molecule has 2 N–H and O–H groups in total. The lowest BCUT2D eigenvalue weighted by Crippen LogP contribution is -2.30. The monoisotopic (exact) mass is 253 g/mol. The van der Waals surface area contributed by atoms with Crippen LogP contribution in [-0.2, 0) is 4.79 Å². The first-order valence-corrected chi connectivity index (χ1v) is 6.12. The van der Waals surface area contributed by atoms with E-state index >= 15 is 0 Å². The van der Waals surface area contributed by atoms with Gasteiger partial charge in [0.25, 0.3) is 0 Å². The Balaban J connectivity index is 2.67. The zero-order valence-electron chi connectivity index (χ0n) is 10.7. The molecule has 0 saturated carbocycles. The summed E-state index contributed by atoms with van der Waals surface area (Å²) in [4.78, 5) is 19.1. The van der Waals surface area contributed by atoms with Gasteiger partial charge in [0.2, 0.25) is 11.8 Å². The van der Waals surface area contributed by atoms with Crippen molar-refractivity contribution >= 4 is 11.9 Å². The minimum Gasteiger partial charge on any atom is -0.480 e. The van der Waals surface area contributed by atoms with Crippen molar-refractivity contribution in [1.82, 2.24) is 9.97 Å². The van der Waals surface area contributed by atoms with E-state index in [1.807, 2.05) is 13.8 Å². The average molecular weight is 253 g/mol. The zero-order chi connectivity index (χ0) is 13.4. The second-order valence-corrected chi connectivity index (χ2v) is 3.83. The summed E-state index contributed by atoms with van der Waals surface area (Å²) in [6, 6.07) is 0.970. The second-order valence-electron chi connectivity index (χ2n) is 3.83. The van der Waals surface area contributed by atoms with E-state index in [-0.39, 0.29) is 5.95 Å². The summed E-state index contributed by atoms with van der Waals surface area (Å²) in [5, 5.41) is 11.9. The van der Waals surface area contributed by atoms with Gasteiger partial charge in [-0.05, 0) is 13.3 Å². The molecular weight excluding hydrogens is 234 g/mol. The maximum absolute atomic E-state index is 11.1. The summed E-state index contributed by atoms with van der Waals surface area (Å²) < 4.78 is 5.23. The van der Waals surface area contributed by atoms with Gasteiger partial charge in [-0.1, -0.05) is 19.8 Å². The standard InChI is InChI=1S/C12H19N3O3/c1-3-5-6-9(11(16)17)14-12-13-8-7-10(15-12)18-4-2/h7-9H,3-6H2,1-2H3,(H,16,17)(H,13,14,15). The number of anilines is 1. The van der Waals surface area contributed by atoms with Crippen molar-refractivity contribution in [2.45, 2.75) is 39.2 Å². The summed E-state index contributed by atoms with van der Waals surface area (Å²) in [7, 11) is 0. The molecule has 0 saturated heterocycles. The molecule has 0 radical (unpaired) electrons. The number of carbonyl (C=O) groups is 1. The molecule has 6 nitrogen and oxygen atoms in total. The van der Waals surface area contributed by atoms with Gasteiger partial charge in [0.15, 0.2) is 0 Å². The van der Waals surface area contributed by atoms with Crippen molar-refractivity contribution in [3.05, 3.63) is 12.3 Å². The van der Waals surface area contributed by atoms with Crippen molar-refractivity contribution < 1.29 is 14.6 Å². The Morgan fingerprint density at radius 3 is 2.94 bits per heavy atom. The predicted molar refractivity (Wildman–Crippen MR) is 67.8 cm³/mol. The summed E-state index contributed by atoms with van der Waals surface area (Å²) >= 11 is 0. The smallest absolute Gasteiger partial charge is 0.326 e. The summed E-state index contributed by atoms with van der Waals surface area (Å²) in [5.41, 5.74) is 0. The number of unbranched alkanes of at least 4 members (excludes halogenated alkanes) is 1. The van der Waals surface area contributed by atoms with Crippen molar-refractivity contribution in [1.29, 1.82) is 0 Å². The Morgan fingerprint density at radius 1 is 1.56 bits per heavy atom. The molecule has 0 aliphatic heterocycles. The first-order valence-electron chi connectivity index (χ1n) is 6.12. The van der Waals surface area contributed by atoms with Crippen LogP contribution in [0.4, 0.5) is 5.95 Å². The molecule has 0 fully saturated rings. The molecule has 18 heavy (non-hydrogen) atoms. The average Bonchev–Trinajstić information content (AvgIpc) is 2.35. The fourth-order valence-electron chi connectivity index (χ4n) is 1.46. The molecule has 1 rings (SSSR count). The molecule has 1 aromatic rings. The van der Waals surface area contributed by atoms with Crippen molar-refractivity contribution in [3.63, 3.8) is 0 Å². The van der Waals surface area contributed by atoms with E-state index in [0.717, 1.165) is 12.8 Å². The van der Waals surface area contributed by atoms with Crippen LogP contribution in [0.1, 0.15) is 33.1 Å². The van der Waals surface area contributed by atoms with Crippen molar-refractivity contribution in [2.24, 2.45) is 0 Å². The molecule has 1 unspecified atom stereocenters. The number of nitrogens with zero attached hydrogens (tertiary/aromatic N) is 2. The van der Waals surface area contributed by atoms with E-state index in [1.54, 1.807) is 12.3 Å². The Bertz CT molecular complexity index is 385. The Morgan fingerprint density at radius 2 is 2.33 bits per heavy atom. The molecule has 0 spiro atoms. The number of ether oxygens (including phenoxy) is 1. The van der Waals surface area contributed by atoms with Gasteiger partial charge in [-0.3, -0.25) is 0 Å². The van der Waals surface area contributed by atoms with Crippen LogP contribution in [0.5, 0.6) is 5.88 Å². The van der Waals surface area contributed by atoms with Crippen LogP contribution in [0.15, 0.2) is 12.3 Å². The van der Waals surface area contributed by atoms with Crippen LogP contribution in [0.3, 0.4) is 0 Å². The number of rotatable bonds is 8. The number of carboxylic acid groups (broad SMARTS) is 1. The third-order valence-corrected chi connectivity index (χ3v) is 2.37. The van der Waals surface area contributed by atoms with E-state index in [2.05, 4.69) is 15.3 Å². The topological polar surface area (TPSA) is 84.3 Å². The molecule has 1 heterocycles. The SMILES string of the molecule is CCCCC(Nc1nccc(OCC)n1)C(=O)O. The summed E-state index contributed by atoms with van der Waals surface area (Å²) in [6.45, 7) is 4.39. The van der Waals surface area contributed by atoms with E-state index in [0.29, 0.717) is 18.9 Å². The first-order chi connectivity index (χ1) is 8.67. The fourth-order valence-corrected chi connectivity index (χ4v) is 1.46. The molecule has 6 heteroatoms. The van der Waals surface area contributed by atoms with E-state index in [4.69, 9.17) is 9.84 Å². The number of hydrogen-bond donors (Lipinski definition) is 2. The van der Waals surface area contributed by atoms with Crippen LogP contribution < -0.4 is 10.1 Å². The van der Waals surface area contributed by atoms with Gasteiger partial charge in [-0.2, -0.15) is 4.98 Å². The number of carboxylic acids is 1. The lowest BCUT2D eigenvalue weighted by atomic mass is 10.1. The van der Waals surface area contributed by atoms with E-state index < -0.39 is 12.0 Å². The second kappa shape index (κ2) is 7.47. The first kappa shape index (κ1) is 14.2. The van der Waals surface area contributed by atoms with Gasteiger partial charge in [-0.25, -0.2) is 9.78 Å². The molecule has 0 aliphatic rings. The predicted octanol–water partition coefficient (Wildman–Crippen LogP) is 1.93. The molecule has 1 aromatic heterocycles. The number of aromatic nitrogens is 2. The maximum Gasteiger partial charge on any atom is 0.326 e. The number of aliphatic carboxylic acids is 1. The lowest BCUT2D eigenvalue weighted by Gasteiger charge is -2.14. The summed E-state index contributed by atoms with van der Waals surface area (Å²) in [6.07, 6.45) is 3.88. The molecule has 0 aromatic carbocycles. The number of nitrogens with one attached hydrogen (secondary N) is 1. The molecule has 0 aliphatic carbocycles. The highest BCUT2D eigenvalue weighted by molar-refractivity contribution is 5.76. The largest absolute Gasteiger partial charge is 0.480 e. The highest BCUT2D eigenvalue weighted by atomic mass is 16.5. The summed E-state index contributed by atoms with van der Waals surface area (Å²) in [5.74, 6) is -0.173. The van der Waals surface area contributed by atoms with Crippen LogP contribution in [0.25, 0.3) is 0 Å². The minimum atomic E-state index is -0.895. The van der Waals surface area contributed by atoms with Gasteiger partial charge >= 0.3 is 5.97 Å². The van der Waals surface area contributed by atoms with E-state index in [1.165, 1.54) is 0 Å². The highest BCUT2D eigenvalue weighted by Crippen LogP contribution is 2.11. The van der Waals surface area contributed by atoms with Gasteiger partial charge in [0.05, 0.1) is 6.61 Å².